The zero-order chi connectivity index (χ0) is 29.0. The SMILES string of the molecule is C/C(=N/OCc1ccccc1)[C@@]1(O[Si](C)(C)C)CC[C@H]2[C@@H]3CC[C@H]4C[C@H](O[Si](C)(C)C)CC[C@]4(C)[C@H]3CC[C@@]21C. The third-order valence-electron chi connectivity index (χ3n) is 11.6. The maximum absolute atomic E-state index is 7.31. The zero-order valence-corrected chi connectivity index (χ0v) is 29.0. The van der Waals surface area contributed by atoms with Crippen LogP contribution in [0, 0.1) is 34.5 Å². The average molecular weight is 584 g/mol. The first-order chi connectivity index (χ1) is 18.7. The van der Waals surface area contributed by atoms with Crippen molar-refractivity contribution in [3.63, 3.8) is 0 Å². The minimum Gasteiger partial charge on any atom is -0.415 e. The van der Waals surface area contributed by atoms with Crippen molar-refractivity contribution < 1.29 is 13.7 Å². The lowest BCUT2D eigenvalue weighted by Gasteiger charge is -2.62. The second-order valence-electron chi connectivity index (χ2n) is 16.3. The molecular formula is C34H57NO3Si2. The molecule has 224 valence electrons. The number of hydrogen-bond acceptors (Lipinski definition) is 4. The first-order valence-electron chi connectivity index (χ1n) is 16.3. The van der Waals surface area contributed by atoms with Crippen LogP contribution in [0.5, 0.6) is 0 Å². The Morgan fingerprint density at radius 3 is 2.23 bits per heavy atom. The third kappa shape index (κ3) is 5.68. The Balaban J connectivity index is 1.37. The normalized spacial score (nSPS) is 40.2. The molecule has 0 saturated heterocycles. The molecule has 0 N–H and O–H groups in total. The highest BCUT2D eigenvalue weighted by Gasteiger charge is 2.67. The molecule has 0 radical (unpaired) electrons. The van der Waals surface area contributed by atoms with Gasteiger partial charge in [0, 0.05) is 11.5 Å². The average Bonchev–Trinajstić information content (AvgIpc) is 3.15. The van der Waals surface area contributed by atoms with Gasteiger partial charge >= 0.3 is 0 Å². The third-order valence-corrected chi connectivity index (χ3v) is 13.6. The summed E-state index contributed by atoms with van der Waals surface area (Å²) < 4.78 is 14.0. The predicted molar refractivity (Wildman–Crippen MR) is 171 cm³/mol. The van der Waals surface area contributed by atoms with Gasteiger partial charge in [-0.1, -0.05) is 49.3 Å². The van der Waals surface area contributed by atoms with Gasteiger partial charge < -0.3 is 13.7 Å². The lowest BCUT2D eigenvalue weighted by Crippen LogP contribution is -2.61. The highest BCUT2D eigenvalue weighted by molar-refractivity contribution is 6.70. The van der Waals surface area contributed by atoms with E-state index in [1.165, 1.54) is 51.4 Å². The molecule has 5 rings (SSSR count). The molecular weight excluding hydrogens is 527 g/mol. The Kier molecular flexibility index (Phi) is 8.35. The summed E-state index contributed by atoms with van der Waals surface area (Å²) in [6, 6.07) is 10.4. The number of benzene rings is 1. The molecule has 4 fully saturated rings. The summed E-state index contributed by atoms with van der Waals surface area (Å²) in [7, 11) is -3.34. The maximum Gasteiger partial charge on any atom is 0.185 e. The van der Waals surface area contributed by atoms with E-state index in [0.29, 0.717) is 24.0 Å². The second kappa shape index (κ2) is 11.0. The molecule has 0 unspecified atom stereocenters. The minimum absolute atomic E-state index is 0.111. The highest BCUT2D eigenvalue weighted by Crippen LogP contribution is 2.69. The number of nitrogens with zero attached hydrogens (tertiary/aromatic N) is 1. The molecule has 4 saturated carbocycles. The molecule has 1 aromatic carbocycles. The van der Waals surface area contributed by atoms with Crippen LogP contribution in [0.3, 0.4) is 0 Å². The van der Waals surface area contributed by atoms with Gasteiger partial charge in [-0.25, -0.2) is 0 Å². The maximum atomic E-state index is 7.31. The van der Waals surface area contributed by atoms with Gasteiger partial charge in [0.25, 0.3) is 0 Å². The molecule has 4 nitrogen and oxygen atoms in total. The summed E-state index contributed by atoms with van der Waals surface area (Å²) in [6.07, 6.45) is 12.1. The minimum atomic E-state index is -1.84. The van der Waals surface area contributed by atoms with Crippen LogP contribution in [-0.4, -0.2) is 34.1 Å². The van der Waals surface area contributed by atoms with Crippen LogP contribution in [0.2, 0.25) is 39.3 Å². The molecule has 4 aliphatic carbocycles. The lowest BCUT2D eigenvalue weighted by molar-refractivity contribution is -0.139. The van der Waals surface area contributed by atoms with Gasteiger partial charge in [0.2, 0.25) is 0 Å². The van der Waals surface area contributed by atoms with Crippen LogP contribution < -0.4 is 0 Å². The van der Waals surface area contributed by atoms with Crippen LogP contribution in [-0.2, 0) is 20.3 Å². The van der Waals surface area contributed by atoms with Gasteiger partial charge in [-0.15, -0.1) is 0 Å². The van der Waals surface area contributed by atoms with Crippen molar-refractivity contribution in [3.8, 4) is 0 Å². The van der Waals surface area contributed by atoms with Gasteiger partial charge in [0.15, 0.2) is 16.6 Å². The van der Waals surface area contributed by atoms with Gasteiger partial charge in [-0.3, -0.25) is 0 Å². The summed E-state index contributed by atoms with van der Waals surface area (Å²) in [5.74, 6) is 3.17. The zero-order valence-electron chi connectivity index (χ0n) is 27.0. The smallest absolute Gasteiger partial charge is 0.185 e. The summed E-state index contributed by atoms with van der Waals surface area (Å²) in [5.41, 5.74) is 2.49. The molecule has 6 heteroatoms. The summed E-state index contributed by atoms with van der Waals surface area (Å²) in [5, 5.41) is 4.82. The monoisotopic (exact) mass is 583 g/mol. The standard InChI is InChI=1S/C34H57NO3Si2/c1-25(35-36-24-26-13-11-10-12-14-26)34(38-40(7,8)9)22-19-31-29-16-15-27-23-28(37-39(4,5)6)17-20-32(27,2)30(29)18-21-33(31,34)3/h10-14,27-31H,15-24H2,1-9H3/b35-25-/t27-,28+,29+,30-,31-,32-,33-,34-/m0/s1. The fraction of sp³-hybridized carbons (Fsp3) is 0.794. The van der Waals surface area contributed by atoms with Crippen LogP contribution >= 0.6 is 0 Å². The molecule has 0 amide bonds. The van der Waals surface area contributed by atoms with Gasteiger partial charge in [0.1, 0.15) is 12.2 Å². The van der Waals surface area contributed by atoms with Gasteiger partial charge in [-0.2, -0.15) is 0 Å². The Morgan fingerprint density at radius 2 is 1.55 bits per heavy atom. The number of fused-ring (bicyclic) bond motifs is 5. The van der Waals surface area contributed by atoms with Crippen molar-refractivity contribution in [2.75, 3.05) is 0 Å². The van der Waals surface area contributed by atoms with E-state index in [1.54, 1.807) is 0 Å². The molecule has 0 bridgehead atoms. The van der Waals surface area contributed by atoms with E-state index in [1.807, 2.05) is 6.07 Å². The van der Waals surface area contributed by atoms with E-state index in [2.05, 4.69) is 84.3 Å². The fourth-order valence-corrected chi connectivity index (χ4v) is 12.8. The Morgan fingerprint density at radius 1 is 0.850 bits per heavy atom. The number of oxime groups is 1. The largest absolute Gasteiger partial charge is 0.415 e. The molecule has 8 atom stereocenters. The van der Waals surface area contributed by atoms with Crippen LogP contribution in [0.1, 0.15) is 84.1 Å². The second-order valence-corrected chi connectivity index (χ2v) is 25.1. The molecule has 0 aliphatic heterocycles. The molecule has 0 aromatic heterocycles. The number of hydrogen-bond donors (Lipinski definition) is 0. The van der Waals surface area contributed by atoms with Crippen molar-refractivity contribution in [3.05, 3.63) is 35.9 Å². The summed E-state index contributed by atoms with van der Waals surface area (Å²) in [6.45, 7) is 22.1. The van der Waals surface area contributed by atoms with Crippen molar-refractivity contribution >= 4 is 22.3 Å². The molecule has 0 heterocycles. The van der Waals surface area contributed by atoms with Crippen LogP contribution in [0.25, 0.3) is 0 Å². The van der Waals surface area contributed by atoms with E-state index >= 15 is 0 Å². The van der Waals surface area contributed by atoms with Crippen LogP contribution in [0.15, 0.2) is 35.5 Å². The van der Waals surface area contributed by atoms with Crippen molar-refractivity contribution in [2.24, 2.45) is 39.7 Å². The summed E-state index contributed by atoms with van der Waals surface area (Å²) in [4.78, 5) is 6.01. The molecule has 0 spiro atoms. The number of rotatable bonds is 8. The predicted octanol–water partition coefficient (Wildman–Crippen LogP) is 9.43. The van der Waals surface area contributed by atoms with Crippen molar-refractivity contribution in [1.29, 1.82) is 0 Å². The van der Waals surface area contributed by atoms with E-state index in [0.717, 1.165) is 35.4 Å². The van der Waals surface area contributed by atoms with Crippen molar-refractivity contribution in [2.45, 2.75) is 136 Å². The van der Waals surface area contributed by atoms with Gasteiger partial charge in [0.05, 0.1) is 5.71 Å². The first-order valence-corrected chi connectivity index (χ1v) is 23.1. The molecule has 1 aromatic rings. The van der Waals surface area contributed by atoms with Crippen molar-refractivity contribution in [1.82, 2.24) is 0 Å². The highest BCUT2D eigenvalue weighted by atomic mass is 28.4. The quantitative estimate of drug-likeness (QED) is 0.174. The van der Waals surface area contributed by atoms with E-state index in [9.17, 15) is 0 Å². The first kappa shape index (κ1) is 30.5. The van der Waals surface area contributed by atoms with Crippen LogP contribution in [0.4, 0.5) is 0 Å². The topological polar surface area (TPSA) is 40.0 Å². The fourth-order valence-electron chi connectivity index (χ4n) is 10.0. The molecule has 4 aliphatic rings. The Bertz CT molecular complexity index is 1070. The molecule has 40 heavy (non-hydrogen) atoms. The lowest BCUT2D eigenvalue weighted by atomic mass is 9.44. The Labute approximate surface area is 247 Å². The van der Waals surface area contributed by atoms with E-state index in [4.69, 9.17) is 18.8 Å². The van der Waals surface area contributed by atoms with E-state index < -0.39 is 16.6 Å². The van der Waals surface area contributed by atoms with E-state index in [-0.39, 0.29) is 11.0 Å². The van der Waals surface area contributed by atoms with Gasteiger partial charge in [-0.05, 0) is 139 Å². The summed E-state index contributed by atoms with van der Waals surface area (Å²) >= 11 is 0. The Hall–Kier alpha value is -0.956.